The summed E-state index contributed by atoms with van der Waals surface area (Å²) in [7, 11) is -2.87. The molecule has 0 amide bonds. The second kappa shape index (κ2) is 3.90. The van der Waals surface area contributed by atoms with Crippen molar-refractivity contribution >= 4 is 24.2 Å². The Bertz CT molecular complexity index is 276. The molecular formula is C6H6BrO3P. The Labute approximate surface area is 73.1 Å². The van der Waals surface area contributed by atoms with Crippen LogP contribution in [0.15, 0.2) is 28.7 Å². The Hall–Kier alpha value is -0.310. The van der Waals surface area contributed by atoms with E-state index in [1.54, 1.807) is 24.3 Å². The predicted molar refractivity (Wildman–Crippen MR) is 46.0 cm³/mol. The zero-order valence-corrected chi connectivity index (χ0v) is 8.04. The number of rotatable bonds is 2. The normalized spacial score (nSPS) is 12.5. The Balaban J connectivity index is 2.79. The molecule has 0 aliphatic heterocycles. The lowest BCUT2D eigenvalue weighted by Gasteiger charge is -2.00. The van der Waals surface area contributed by atoms with E-state index in [0.717, 1.165) is 4.47 Å². The fourth-order valence-corrected chi connectivity index (χ4v) is 1.34. The molecule has 0 aromatic heterocycles. The van der Waals surface area contributed by atoms with Crippen LogP contribution in [0.1, 0.15) is 0 Å². The molecule has 1 rings (SSSR count). The van der Waals surface area contributed by atoms with Crippen LogP contribution < -0.4 is 4.52 Å². The van der Waals surface area contributed by atoms with E-state index < -0.39 is 8.25 Å². The third kappa shape index (κ3) is 3.06. The van der Waals surface area contributed by atoms with Crippen LogP contribution in [-0.2, 0) is 4.57 Å². The Morgan fingerprint density at radius 2 is 2.27 bits per heavy atom. The van der Waals surface area contributed by atoms with Gasteiger partial charge in [0.05, 0.1) is 0 Å². The molecule has 1 N–H and O–H groups in total. The van der Waals surface area contributed by atoms with Crippen molar-refractivity contribution in [3.63, 3.8) is 0 Å². The quantitative estimate of drug-likeness (QED) is 0.802. The van der Waals surface area contributed by atoms with Crippen LogP contribution in [0.3, 0.4) is 0 Å². The van der Waals surface area contributed by atoms with E-state index in [-0.39, 0.29) is 0 Å². The highest BCUT2D eigenvalue weighted by molar-refractivity contribution is 9.10. The number of hydrogen-bond acceptors (Lipinski definition) is 2. The first kappa shape index (κ1) is 8.78. The average Bonchev–Trinajstić information content (AvgIpc) is 1.85. The molecule has 0 radical (unpaired) electrons. The molecule has 1 aromatic rings. The van der Waals surface area contributed by atoms with E-state index in [0.29, 0.717) is 5.75 Å². The van der Waals surface area contributed by atoms with Crippen LogP contribution >= 0.6 is 24.2 Å². The van der Waals surface area contributed by atoms with Gasteiger partial charge in [0.1, 0.15) is 5.75 Å². The maximum absolute atomic E-state index is 10.2. The molecule has 0 heterocycles. The van der Waals surface area contributed by atoms with Gasteiger partial charge in [-0.3, -0.25) is 0 Å². The van der Waals surface area contributed by atoms with Crippen molar-refractivity contribution in [3.05, 3.63) is 28.7 Å². The van der Waals surface area contributed by atoms with Crippen LogP contribution in [0, 0.1) is 0 Å². The summed E-state index contributed by atoms with van der Waals surface area (Å²) in [5, 5.41) is 0. The van der Waals surface area contributed by atoms with Gasteiger partial charge in [0, 0.05) is 4.47 Å². The molecule has 0 aliphatic rings. The van der Waals surface area contributed by atoms with Gasteiger partial charge in [-0.2, -0.15) is 0 Å². The van der Waals surface area contributed by atoms with Crippen LogP contribution in [0.2, 0.25) is 0 Å². The number of halogens is 1. The molecule has 11 heavy (non-hydrogen) atoms. The molecule has 1 unspecified atom stereocenters. The number of hydrogen-bond donors (Lipinski definition) is 1. The zero-order valence-electron chi connectivity index (χ0n) is 5.45. The lowest BCUT2D eigenvalue weighted by molar-refractivity contribution is 0.410. The van der Waals surface area contributed by atoms with Gasteiger partial charge >= 0.3 is 8.25 Å². The second-order valence-corrected chi connectivity index (χ2v) is 3.48. The third-order valence-corrected chi connectivity index (χ3v) is 1.90. The minimum Gasteiger partial charge on any atom is -0.426 e. The number of benzene rings is 1. The minimum atomic E-state index is -2.87. The van der Waals surface area contributed by atoms with Crippen molar-refractivity contribution in [3.8, 4) is 5.75 Å². The van der Waals surface area contributed by atoms with E-state index in [9.17, 15) is 4.57 Å². The first-order valence-corrected chi connectivity index (χ1v) is 4.90. The van der Waals surface area contributed by atoms with E-state index in [1.165, 1.54) is 0 Å². The molecule has 1 aromatic carbocycles. The van der Waals surface area contributed by atoms with Crippen molar-refractivity contribution in [1.82, 2.24) is 0 Å². The summed E-state index contributed by atoms with van der Waals surface area (Å²) in [4.78, 5) is 8.41. The fraction of sp³-hybridized carbons (Fsp3) is 0. The smallest absolute Gasteiger partial charge is 0.365 e. The molecule has 3 nitrogen and oxygen atoms in total. The van der Waals surface area contributed by atoms with E-state index in [2.05, 4.69) is 20.5 Å². The molecular weight excluding hydrogens is 231 g/mol. The predicted octanol–water partition coefficient (Wildman–Crippen LogP) is 2.21. The standard InChI is InChI=1S/C6H6BrO3P/c7-5-2-1-3-6(4-5)10-11(8)9/h1-4,11H,(H,8,9). The maximum atomic E-state index is 10.2. The van der Waals surface area contributed by atoms with Gasteiger partial charge in [0.25, 0.3) is 0 Å². The van der Waals surface area contributed by atoms with Crippen molar-refractivity contribution in [1.29, 1.82) is 0 Å². The third-order valence-electron chi connectivity index (χ3n) is 1.00. The van der Waals surface area contributed by atoms with Gasteiger partial charge in [-0.15, -0.1) is 0 Å². The summed E-state index contributed by atoms with van der Waals surface area (Å²) in [6, 6.07) is 6.77. The Morgan fingerprint density at radius 1 is 1.55 bits per heavy atom. The van der Waals surface area contributed by atoms with Crippen molar-refractivity contribution in [2.75, 3.05) is 0 Å². The molecule has 0 aliphatic carbocycles. The van der Waals surface area contributed by atoms with Crippen molar-refractivity contribution < 1.29 is 14.0 Å². The van der Waals surface area contributed by atoms with Crippen molar-refractivity contribution in [2.45, 2.75) is 0 Å². The molecule has 0 saturated carbocycles. The SMILES string of the molecule is O=[PH](O)Oc1cccc(Br)c1. The van der Waals surface area contributed by atoms with E-state index >= 15 is 0 Å². The second-order valence-electron chi connectivity index (χ2n) is 1.83. The maximum Gasteiger partial charge on any atom is 0.365 e. The van der Waals surface area contributed by atoms with Gasteiger partial charge in [-0.25, -0.2) is 4.57 Å². The molecule has 60 valence electrons. The molecule has 0 bridgehead atoms. The molecule has 0 fully saturated rings. The first-order chi connectivity index (χ1) is 5.18. The highest BCUT2D eigenvalue weighted by atomic mass is 79.9. The van der Waals surface area contributed by atoms with Crippen LogP contribution in [-0.4, -0.2) is 4.89 Å². The van der Waals surface area contributed by atoms with Crippen LogP contribution in [0.25, 0.3) is 0 Å². The lowest BCUT2D eigenvalue weighted by Crippen LogP contribution is -1.78. The summed E-state index contributed by atoms with van der Waals surface area (Å²) in [6.07, 6.45) is 0. The molecule has 0 saturated heterocycles. The van der Waals surface area contributed by atoms with Crippen LogP contribution in [0.4, 0.5) is 0 Å². The molecule has 5 heteroatoms. The summed E-state index contributed by atoms with van der Waals surface area (Å²) < 4.78 is 15.6. The monoisotopic (exact) mass is 236 g/mol. The fourth-order valence-electron chi connectivity index (χ4n) is 0.631. The van der Waals surface area contributed by atoms with Crippen LogP contribution in [0.5, 0.6) is 5.75 Å². The Morgan fingerprint density at radius 3 is 2.82 bits per heavy atom. The van der Waals surface area contributed by atoms with E-state index in [4.69, 9.17) is 4.89 Å². The van der Waals surface area contributed by atoms with Crippen molar-refractivity contribution in [2.24, 2.45) is 0 Å². The first-order valence-electron chi connectivity index (χ1n) is 2.85. The van der Waals surface area contributed by atoms with E-state index in [1.807, 2.05) is 0 Å². The average molecular weight is 237 g/mol. The highest BCUT2D eigenvalue weighted by Gasteiger charge is 1.95. The summed E-state index contributed by atoms with van der Waals surface area (Å²) in [5.41, 5.74) is 0. The van der Waals surface area contributed by atoms with Gasteiger partial charge in [0.2, 0.25) is 0 Å². The Kier molecular flexibility index (Phi) is 3.12. The molecule has 1 atom stereocenters. The van der Waals surface area contributed by atoms with Gasteiger partial charge in [-0.05, 0) is 18.2 Å². The summed E-state index contributed by atoms with van der Waals surface area (Å²) in [5.74, 6) is 0.394. The van der Waals surface area contributed by atoms with Gasteiger partial charge in [-0.1, -0.05) is 22.0 Å². The topological polar surface area (TPSA) is 46.5 Å². The highest BCUT2D eigenvalue weighted by Crippen LogP contribution is 2.25. The zero-order chi connectivity index (χ0) is 8.27. The summed E-state index contributed by atoms with van der Waals surface area (Å²) in [6.45, 7) is 0. The van der Waals surface area contributed by atoms with Gasteiger partial charge < -0.3 is 9.42 Å². The molecule has 0 spiro atoms. The van der Waals surface area contributed by atoms with Gasteiger partial charge in [0.15, 0.2) is 0 Å². The largest absolute Gasteiger partial charge is 0.426 e. The lowest BCUT2D eigenvalue weighted by atomic mass is 10.3. The summed E-state index contributed by atoms with van der Waals surface area (Å²) >= 11 is 3.20. The minimum absolute atomic E-state index is 0.394.